The molecule has 2 atom stereocenters. The molecule has 1 saturated carbocycles. The maximum Gasteiger partial charge on any atom is 0.253 e. The molecule has 0 spiro atoms. The number of hydrogen-bond donors (Lipinski definition) is 3. The zero-order valence-electron chi connectivity index (χ0n) is 23.3. The molecular formula is C32H35N5O3S. The quantitative estimate of drug-likeness (QED) is 0.244. The largest absolute Gasteiger partial charge is 0.345 e. The molecule has 2 unspecified atom stereocenters. The Labute approximate surface area is 241 Å². The molecule has 9 heteroatoms. The Bertz CT molecular complexity index is 1670. The fourth-order valence-electron chi connectivity index (χ4n) is 5.58. The van der Waals surface area contributed by atoms with Gasteiger partial charge in [0.25, 0.3) is 5.91 Å². The third kappa shape index (κ3) is 5.88. The van der Waals surface area contributed by atoms with Crippen LogP contribution in [0.5, 0.6) is 0 Å². The van der Waals surface area contributed by atoms with Crippen molar-refractivity contribution < 1.29 is 13.2 Å². The van der Waals surface area contributed by atoms with E-state index >= 15 is 0 Å². The van der Waals surface area contributed by atoms with Gasteiger partial charge < -0.3 is 10.6 Å². The molecular weight excluding hydrogens is 534 g/mol. The highest BCUT2D eigenvalue weighted by Gasteiger charge is 2.37. The zero-order chi connectivity index (χ0) is 28.6. The van der Waals surface area contributed by atoms with Gasteiger partial charge in [-0.3, -0.25) is 14.8 Å². The highest BCUT2D eigenvalue weighted by molar-refractivity contribution is 7.89. The van der Waals surface area contributed by atoms with E-state index in [2.05, 4.69) is 32.5 Å². The van der Waals surface area contributed by atoms with Gasteiger partial charge in [0, 0.05) is 60.1 Å². The van der Waals surface area contributed by atoms with Crippen molar-refractivity contribution in [3.63, 3.8) is 0 Å². The van der Waals surface area contributed by atoms with E-state index < -0.39 is 16.1 Å². The van der Waals surface area contributed by atoms with Gasteiger partial charge in [0.1, 0.15) is 0 Å². The molecule has 0 aliphatic heterocycles. The second-order valence-corrected chi connectivity index (χ2v) is 13.2. The molecule has 3 N–H and O–H groups in total. The molecule has 0 saturated heterocycles. The molecule has 0 radical (unpaired) electrons. The van der Waals surface area contributed by atoms with E-state index in [-0.39, 0.29) is 22.8 Å². The first-order chi connectivity index (χ1) is 19.8. The highest BCUT2D eigenvalue weighted by Crippen LogP contribution is 2.47. The van der Waals surface area contributed by atoms with Crippen molar-refractivity contribution in [2.24, 2.45) is 5.92 Å². The molecule has 41 heavy (non-hydrogen) atoms. The molecule has 2 aliphatic rings. The second-order valence-electron chi connectivity index (χ2n) is 11.5. The molecule has 212 valence electrons. The molecule has 1 fully saturated rings. The first-order valence-electron chi connectivity index (χ1n) is 14.2. The summed E-state index contributed by atoms with van der Waals surface area (Å²) in [6.45, 7) is 4.93. The van der Waals surface area contributed by atoms with Crippen LogP contribution in [0.3, 0.4) is 0 Å². The van der Waals surface area contributed by atoms with Gasteiger partial charge in [-0.2, -0.15) is 0 Å². The lowest BCUT2D eigenvalue weighted by Gasteiger charge is -2.19. The monoisotopic (exact) mass is 569 g/mol. The lowest BCUT2D eigenvalue weighted by molar-refractivity contribution is 0.0935. The van der Waals surface area contributed by atoms with Crippen molar-refractivity contribution in [1.82, 2.24) is 25.3 Å². The summed E-state index contributed by atoms with van der Waals surface area (Å²) >= 11 is 0. The topological polar surface area (TPSA) is 113 Å². The normalized spacial score (nSPS) is 18.5. The van der Waals surface area contributed by atoms with Crippen molar-refractivity contribution in [1.29, 1.82) is 0 Å². The fourth-order valence-corrected chi connectivity index (χ4v) is 7.03. The number of amides is 1. The third-order valence-electron chi connectivity index (χ3n) is 7.86. The average Bonchev–Trinajstić information content (AvgIpc) is 3.78. The van der Waals surface area contributed by atoms with Crippen LogP contribution in [-0.2, 0) is 16.6 Å². The molecule has 2 aromatic heterocycles. The molecule has 0 bridgehead atoms. The number of nitrogens with zero attached hydrogens (tertiary/aromatic N) is 2. The smallest absolute Gasteiger partial charge is 0.253 e. The minimum atomic E-state index is -3.82. The Balaban J connectivity index is 1.46. The molecule has 4 aromatic rings. The summed E-state index contributed by atoms with van der Waals surface area (Å²) in [6.07, 6.45) is 7.72. The third-order valence-corrected chi connectivity index (χ3v) is 9.33. The minimum absolute atomic E-state index is 0.110. The summed E-state index contributed by atoms with van der Waals surface area (Å²) in [4.78, 5) is 22.3. The number of sulfonamides is 1. The van der Waals surface area contributed by atoms with Crippen molar-refractivity contribution in [2.75, 3.05) is 6.54 Å². The zero-order valence-corrected chi connectivity index (χ0v) is 24.1. The van der Waals surface area contributed by atoms with E-state index in [0.717, 1.165) is 40.6 Å². The maximum atomic E-state index is 13.7. The van der Waals surface area contributed by atoms with E-state index in [4.69, 9.17) is 4.98 Å². The number of fused-ring (bicyclic) bond motifs is 3. The Kier molecular flexibility index (Phi) is 7.59. The van der Waals surface area contributed by atoms with Gasteiger partial charge in [-0.15, -0.1) is 0 Å². The van der Waals surface area contributed by atoms with Crippen molar-refractivity contribution in [3.8, 4) is 0 Å². The molecule has 6 rings (SSSR count). The van der Waals surface area contributed by atoms with E-state index in [1.807, 2.05) is 44.3 Å². The van der Waals surface area contributed by atoms with E-state index in [1.165, 1.54) is 6.20 Å². The molecule has 2 heterocycles. The van der Waals surface area contributed by atoms with E-state index in [1.54, 1.807) is 24.4 Å². The summed E-state index contributed by atoms with van der Waals surface area (Å²) in [7, 11) is -3.82. The summed E-state index contributed by atoms with van der Waals surface area (Å²) in [5.41, 5.74) is 4.33. The van der Waals surface area contributed by atoms with Crippen LogP contribution < -0.4 is 15.4 Å². The van der Waals surface area contributed by atoms with Crippen molar-refractivity contribution >= 4 is 26.7 Å². The Hall–Kier alpha value is -3.66. The van der Waals surface area contributed by atoms with Crippen LogP contribution in [0.15, 0.2) is 78.1 Å². The molecule has 2 aromatic carbocycles. The van der Waals surface area contributed by atoms with Crippen molar-refractivity contribution in [2.45, 2.75) is 62.6 Å². The predicted octanol–water partition coefficient (Wildman–Crippen LogP) is 5.15. The van der Waals surface area contributed by atoms with Crippen LogP contribution in [0.25, 0.3) is 10.8 Å². The maximum absolute atomic E-state index is 13.7. The first-order valence-corrected chi connectivity index (χ1v) is 15.7. The predicted molar refractivity (Wildman–Crippen MR) is 159 cm³/mol. The standard InChI is InChI=1S/C32H35N5O3S/c1-20(2)16-36-41(39,40)30-14-25-28(37-32(38)23-9-6-12-33-18-23)15-29(34-17-21-7-4-3-5-8-21)31(25)26-19-35-27(13-24(26)30)22-10-11-22/h3-9,12-14,18-20,22,28-29,34,36H,10-11,15-17H2,1-2H3,(H,37,38). The van der Waals surface area contributed by atoms with Gasteiger partial charge in [-0.25, -0.2) is 13.1 Å². The Morgan fingerprint density at radius 3 is 2.51 bits per heavy atom. The number of hydrogen-bond acceptors (Lipinski definition) is 6. The minimum Gasteiger partial charge on any atom is -0.345 e. The second kappa shape index (κ2) is 11.3. The first kappa shape index (κ1) is 27.5. The Morgan fingerprint density at radius 1 is 1.00 bits per heavy atom. The summed E-state index contributed by atoms with van der Waals surface area (Å²) in [6, 6.07) is 16.8. The molecule has 8 nitrogen and oxygen atoms in total. The number of nitrogens with one attached hydrogen (secondary N) is 3. The van der Waals surface area contributed by atoms with Crippen LogP contribution >= 0.6 is 0 Å². The highest BCUT2D eigenvalue weighted by atomic mass is 32.2. The number of benzene rings is 2. The van der Waals surface area contributed by atoms with Gasteiger partial charge >= 0.3 is 0 Å². The van der Waals surface area contributed by atoms with Gasteiger partial charge in [-0.05, 0) is 66.1 Å². The number of pyridine rings is 2. The summed E-state index contributed by atoms with van der Waals surface area (Å²) < 4.78 is 30.3. The van der Waals surface area contributed by atoms with Gasteiger partial charge in [0.05, 0.1) is 16.5 Å². The fraction of sp³-hybridized carbons (Fsp3) is 0.344. The summed E-state index contributed by atoms with van der Waals surface area (Å²) in [5, 5.41) is 8.33. The number of rotatable bonds is 10. The average molecular weight is 570 g/mol. The van der Waals surface area contributed by atoms with Crippen LogP contribution in [0.1, 0.15) is 83.9 Å². The van der Waals surface area contributed by atoms with E-state index in [9.17, 15) is 13.2 Å². The summed E-state index contributed by atoms with van der Waals surface area (Å²) in [5.74, 6) is 0.292. The van der Waals surface area contributed by atoms with E-state index in [0.29, 0.717) is 36.4 Å². The van der Waals surface area contributed by atoms with Gasteiger partial charge in [0.2, 0.25) is 10.0 Å². The lowest BCUT2D eigenvalue weighted by Crippen LogP contribution is -2.29. The van der Waals surface area contributed by atoms with Crippen LogP contribution in [0.4, 0.5) is 0 Å². The Morgan fingerprint density at radius 2 is 1.80 bits per heavy atom. The SMILES string of the molecule is CC(C)CNS(=O)(=O)c1cc2c(c3cnc(C4CC4)cc13)C(NCc1ccccc1)CC2NC(=O)c1cccnc1. The number of carbonyl (C=O) groups is 1. The van der Waals surface area contributed by atoms with Crippen LogP contribution in [0, 0.1) is 5.92 Å². The van der Waals surface area contributed by atoms with Crippen LogP contribution in [-0.4, -0.2) is 30.8 Å². The lowest BCUT2D eigenvalue weighted by atomic mass is 9.98. The van der Waals surface area contributed by atoms with Crippen molar-refractivity contribution in [3.05, 3.63) is 101 Å². The molecule has 2 aliphatic carbocycles. The van der Waals surface area contributed by atoms with Crippen LogP contribution in [0.2, 0.25) is 0 Å². The number of aromatic nitrogens is 2. The van der Waals surface area contributed by atoms with Gasteiger partial charge in [0.15, 0.2) is 0 Å². The molecule has 1 amide bonds. The van der Waals surface area contributed by atoms with Gasteiger partial charge in [-0.1, -0.05) is 44.2 Å². The number of carbonyl (C=O) groups excluding carboxylic acids is 1.